The fourth-order valence-electron chi connectivity index (χ4n) is 14.7. The molecule has 0 radical (unpaired) electrons. The third kappa shape index (κ3) is 25.8. The van der Waals surface area contributed by atoms with Gasteiger partial charge in [0.2, 0.25) is 29.5 Å². The Hall–Kier alpha value is -8.64. The zero-order valence-corrected chi connectivity index (χ0v) is 61.6. The number of nitrogens with zero attached hydrogens (tertiary/aromatic N) is 3. The van der Waals surface area contributed by atoms with Crippen molar-refractivity contribution in [2.75, 3.05) is 26.2 Å². The molecular formula is C75H113N9O21. The van der Waals surface area contributed by atoms with Gasteiger partial charge < -0.3 is 65.3 Å². The van der Waals surface area contributed by atoms with Gasteiger partial charge in [-0.1, -0.05) is 31.7 Å². The number of ether oxygens (including phenoxy) is 5. The number of imide groups is 3. The van der Waals surface area contributed by atoms with Crippen LogP contribution < -0.4 is 32.3 Å². The number of cyclic esters (lactones) is 2. The van der Waals surface area contributed by atoms with Crippen LogP contribution in [0.25, 0.3) is 0 Å². The number of hydroxylamine groups is 2. The number of hydrogen-bond donors (Lipinski definition) is 6. The van der Waals surface area contributed by atoms with Gasteiger partial charge in [0.1, 0.15) is 23.0 Å². The summed E-state index contributed by atoms with van der Waals surface area (Å²) in [5, 5.41) is 14.9. The molecule has 11 amide bonds. The van der Waals surface area contributed by atoms with Gasteiger partial charge in [0.15, 0.2) is 0 Å². The summed E-state index contributed by atoms with van der Waals surface area (Å²) < 4.78 is 30.6. The number of likely N-dealkylation sites (tertiary alicyclic amines) is 1. The maximum Gasteiger partial charge on any atom is 0.407 e. The number of rotatable bonds is 12. The highest BCUT2D eigenvalue weighted by Crippen LogP contribution is 2.47. The second-order valence-corrected chi connectivity index (χ2v) is 30.3. The molecule has 1 aromatic heterocycles. The number of carbonyl (C=O) groups excluding carboxylic acids is 14. The van der Waals surface area contributed by atoms with E-state index in [0.29, 0.717) is 41.8 Å². The molecule has 8 aliphatic heterocycles. The maximum atomic E-state index is 12.7. The summed E-state index contributed by atoms with van der Waals surface area (Å²) in [7, 11) is 0. The standard InChI is InChI=1S/C17H22N2O4.C14H26N2O3.C13H18N2O3.C12H24N2O2.C8H6O4.C6H7NO4.C4H4O.CH4.H2/c1-9(20)18-8-10-2-4-11(5-3-10)19-16(21)14-12-6-7-13(23-12)15(14)17(19)22;1-10(17)15-9-11-5-7-12(8-6-11)16-13(18)19-14(2,3)4;1-9(16)14-8-10-2-4-11(5-3-10)15-12(17)6-7-13(15)18;1-12(2,3)16-11(15)14-10-6-4-9(8-13)5-7-10;9-7-5-3-1-2-4(11-3)6(5)8(10)12-7;1-4(8)11-7-5(9)2-3-6(7)10;1-2-4-5-3-1;;/h6-7,10-15H,2-5,8H2,1H3,(H,18,20);11-12H,5-9H2,1-4H3,(H,15,17)(H,16,18);6-7,10-11H,2-5,8H2,1H3,(H,14,16);9-10H,4-8,13H2,1-3H3,(H,14,15);1-6H;2-3H2,1H3;1-4H;1H4;1H/i;;;;;;;;1+1. The predicted molar refractivity (Wildman–Crippen MR) is 381 cm³/mol. The molecule has 0 spiro atoms. The van der Waals surface area contributed by atoms with E-state index in [2.05, 4.69) is 40.6 Å². The average Bonchev–Trinajstić information content (AvgIpc) is 1.57. The van der Waals surface area contributed by atoms with Gasteiger partial charge in [-0.05, 0) is 187 Å². The Bertz CT molecular complexity index is 3190. The minimum absolute atomic E-state index is 0. The molecule has 4 bridgehead atoms. The van der Waals surface area contributed by atoms with E-state index in [-0.39, 0.29) is 147 Å². The molecule has 13 rings (SSSR count). The van der Waals surface area contributed by atoms with Gasteiger partial charge in [-0.15, -0.1) is 5.06 Å². The van der Waals surface area contributed by atoms with Crippen LogP contribution in [-0.4, -0.2) is 184 Å². The Morgan fingerprint density at radius 3 is 1.13 bits per heavy atom. The Morgan fingerprint density at radius 2 is 0.819 bits per heavy atom. The minimum atomic E-state index is -0.659. The molecule has 7 N–H and O–H groups in total. The molecule has 5 saturated heterocycles. The zero-order valence-electron chi connectivity index (χ0n) is 61.6. The molecule has 8 unspecified atom stereocenters. The van der Waals surface area contributed by atoms with Crippen LogP contribution in [0.5, 0.6) is 0 Å². The largest absolute Gasteiger partial charge is 0.473 e. The highest BCUT2D eigenvalue weighted by atomic mass is 16.7. The van der Waals surface area contributed by atoms with Crippen molar-refractivity contribution in [3.63, 3.8) is 0 Å². The molecule has 30 nitrogen and oxygen atoms in total. The van der Waals surface area contributed by atoms with Gasteiger partial charge in [0, 0.05) is 97.9 Å². The van der Waals surface area contributed by atoms with Crippen LogP contribution in [0.15, 0.2) is 65.5 Å². The fraction of sp³-hybridized carbons (Fsp3) is 0.680. The predicted octanol–water partition coefficient (Wildman–Crippen LogP) is 6.88. The molecule has 0 aromatic carbocycles. The van der Waals surface area contributed by atoms with E-state index in [9.17, 15) is 67.1 Å². The number of fused-ring (bicyclic) bond motifs is 10. The van der Waals surface area contributed by atoms with Crippen LogP contribution in [0.4, 0.5) is 9.59 Å². The summed E-state index contributed by atoms with van der Waals surface area (Å²) in [5.74, 6) is -2.13. The topological polar surface area (TPSA) is 403 Å². The Labute approximate surface area is 616 Å². The van der Waals surface area contributed by atoms with Crippen LogP contribution in [0.3, 0.4) is 0 Å². The lowest BCUT2D eigenvalue weighted by molar-refractivity contribution is -0.195. The Kier molecular flexibility index (Phi) is 32.2. The van der Waals surface area contributed by atoms with Crippen LogP contribution >= 0.6 is 0 Å². The van der Waals surface area contributed by atoms with Crippen LogP contribution in [0.1, 0.15) is 194 Å². The summed E-state index contributed by atoms with van der Waals surface area (Å²) in [5.41, 5.74) is 4.75. The number of furan rings is 1. The molecule has 105 heavy (non-hydrogen) atoms. The lowest BCUT2D eigenvalue weighted by Crippen LogP contribution is -2.45. The summed E-state index contributed by atoms with van der Waals surface area (Å²) in [6.07, 6.45) is 27.5. The van der Waals surface area contributed by atoms with E-state index in [1.165, 1.54) is 37.8 Å². The lowest BCUT2D eigenvalue weighted by Gasteiger charge is -2.34. The van der Waals surface area contributed by atoms with Crippen molar-refractivity contribution < 1.29 is 101 Å². The molecule has 1 aromatic rings. The number of hydrogen-bond acceptors (Lipinski definition) is 22. The van der Waals surface area contributed by atoms with Gasteiger partial charge in [-0.25, -0.2) is 14.4 Å². The van der Waals surface area contributed by atoms with Crippen molar-refractivity contribution in [1.82, 2.24) is 41.4 Å². The molecule has 4 aliphatic carbocycles. The van der Waals surface area contributed by atoms with E-state index in [0.717, 1.165) is 123 Å². The Morgan fingerprint density at radius 1 is 0.486 bits per heavy atom. The quantitative estimate of drug-likeness (QED) is 0.0408. The van der Waals surface area contributed by atoms with Crippen molar-refractivity contribution in [2.24, 2.45) is 53.1 Å². The molecule has 30 heteroatoms. The molecule has 12 aliphatic rings. The van der Waals surface area contributed by atoms with Crippen molar-refractivity contribution in [3.8, 4) is 0 Å². The minimum Gasteiger partial charge on any atom is -0.473 e. The summed E-state index contributed by atoms with van der Waals surface area (Å²) in [4.78, 5) is 166. The summed E-state index contributed by atoms with van der Waals surface area (Å²) in [6.45, 7) is 19.8. The number of amides is 11. The molecule has 9 heterocycles. The number of nitrogens with one attached hydrogen (secondary N) is 5. The van der Waals surface area contributed by atoms with E-state index >= 15 is 0 Å². The van der Waals surface area contributed by atoms with E-state index in [1.807, 2.05) is 78.0 Å². The third-order valence-corrected chi connectivity index (χ3v) is 19.8. The molecule has 9 fully saturated rings. The Balaban J connectivity index is 0.000000227. The number of carbonyl (C=O) groups is 14. The van der Waals surface area contributed by atoms with E-state index < -0.39 is 40.9 Å². The average molecular weight is 1480 g/mol. The van der Waals surface area contributed by atoms with E-state index in [4.69, 9.17) is 24.7 Å². The van der Waals surface area contributed by atoms with E-state index in [1.54, 1.807) is 17.4 Å². The highest BCUT2D eigenvalue weighted by Gasteiger charge is 2.62. The number of alkyl carbamates (subject to hydrolysis) is 2. The number of nitrogens with two attached hydrogens (primary N) is 1. The first-order valence-electron chi connectivity index (χ1n) is 36.5. The zero-order chi connectivity index (χ0) is 76.2. The first kappa shape index (κ1) is 85.3. The van der Waals surface area contributed by atoms with Crippen LogP contribution in [0.2, 0.25) is 0 Å². The van der Waals surface area contributed by atoms with Crippen molar-refractivity contribution >= 4 is 83.3 Å². The molecule has 8 atom stereocenters. The smallest absolute Gasteiger partial charge is 0.407 e. The fourth-order valence-corrected chi connectivity index (χ4v) is 14.7. The summed E-state index contributed by atoms with van der Waals surface area (Å²) in [6, 6.07) is 4.18. The van der Waals surface area contributed by atoms with Gasteiger partial charge in [-0.3, -0.25) is 62.5 Å². The van der Waals surface area contributed by atoms with Crippen LogP contribution in [-0.2, 0) is 86.1 Å². The molecule has 4 saturated carbocycles. The number of esters is 2. The van der Waals surface area contributed by atoms with Crippen molar-refractivity contribution in [3.05, 3.63) is 61.1 Å². The lowest BCUT2D eigenvalue weighted by atomic mass is 9.85. The van der Waals surface area contributed by atoms with Crippen molar-refractivity contribution in [1.29, 1.82) is 0 Å². The van der Waals surface area contributed by atoms with Crippen LogP contribution in [0, 0.1) is 47.3 Å². The third-order valence-electron chi connectivity index (χ3n) is 19.8. The van der Waals surface area contributed by atoms with Gasteiger partial charge in [-0.2, -0.15) is 0 Å². The first-order valence-corrected chi connectivity index (χ1v) is 36.5. The maximum absolute atomic E-state index is 12.7. The monoisotopic (exact) mass is 1480 g/mol. The normalized spacial score (nSPS) is 29.8. The SMILES string of the molecule is C.CC(=O)NCC1CCC(N2C(=O)C3C4C=CC(O4)C3C2=O)CC1.CC(=O)NCC1CCC(N2C(=O)C=CC2=O)CC1.CC(=O)NCC1CCC(NC(=O)OC(C)(C)C)CC1.CC(=O)ON1C(=O)CCC1=O.CC(C)(C)OC(=O)NC1CCC(CN)CC1.O=C1OC(=O)C2C3C=CC(O3)C12.[2HH].c1ccoc1. The first-order chi connectivity index (χ1) is 49.2. The second-order valence-electron chi connectivity index (χ2n) is 30.3. The highest BCUT2D eigenvalue weighted by molar-refractivity contribution is 6.13. The summed E-state index contributed by atoms with van der Waals surface area (Å²) >= 11 is 0. The van der Waals surface area contributed by atoms with Gasteiger partial charge in [0.05, 0.1) is 48.8 Å². The molecule has 584 valence electrons. The van der Waals surface area contributed by atoms with Gasteiger partial charge in [0.25, 0.3) is 23.6 Å². The van der Waals surface area contributed by atoms with Crippen molar-refractivity contribution in [2.45, 2.75) is 252 Å². The molecular weight excluding hydrogens is 1360 g/mol. The van der Waals surface area contributed by atoms with Gasteiger partial charge >= 0.3 is 30.1 Å². The second kappa shape index (κ2) is 39.6.